The molecule has 2 aromatic rings. The first kappa shape index (κ1) is 13.7. The number of aromatic nitrogens is 2. The molecule has 0 aliphatic carbocycles. The van der Waals surface area contributed by atoms with Gasteiger partial charge >= 0.3 is 0 Å². The number of likely N-dealkylation sites (N-methyl/N-ethyl adjacent to an activating group) is 1. The fourth-order valence-electron chi connectivity index (χ4n) is 1.68. The molecule has 0 radical (unpaired) electrons. The van der Waals surface area contributed by atoms with Crippen LogP contribution in [-0.4, -0.2) is 41.7 Å². The van der Waals surface area contributed by atoms with Crippen molar-refractivity contribution >= 4 is 33.2 Å². The fourth-order valence-corrected chi connectivity index (χ4v) is 2.77. The first-order chi connectivity index (χ1) is 8.61. The maximum Gasteiger partial charge on any atom is 0.145 e. The van der Waals surface area contributed by atoms with Crippen LogP contribution in [-0.2, 0) is 11.3 Å². The molecule has 0 bridgehead atoms. The van der Waals surface area contributed by atoms with Crippen molar-refractivity contribution in [3.63, 3.8) is 0 Å². The molecular formula is C12H16ClN3OS. The van der Waals surface area contributed by atoms with Gasteiger partial charge in [0.05, 0.1) is 13.2 Å². The summed E-state index contributed by atoms with van der Waals surface area (Å²) in [5.41, 5.74) is 0. The summed E-state index contributed by atoms with van der Waals surface area (Å²) in [6.07, 6.45) is 0. The number of thiophene rings is 1. The summed E-state index contributed by atoms with van der Waals surface area (Å²) >= 11 is 7.72. The maximum absolute atomic E-state index is 6.14. The molecule has 0 saturated carbocycles. The van der Waals surface area contributed by atoms with Crippen molar-refractivity contribution in [3.8, 4) is 0 Å². The van der Waals surface area contributed by atoms with Crippen LogP contribution in [0, 0.1) is 0 Å². The summed E-state index contributed by atoms with van der Waals surface area (Å²) in [4.78, 5) is 11.9. The third kappa shape index (κ3) is 2.98. The molecule has 0 spiro atoms. The van der Waals surface area contributed by atoms with Crippen molar-refractivity contribution in [1.29, 1.82) is 0 Å². The molecule has 2 heterocycles. The molecule has 2 rings (SSSR count). The second-order valence-electron chi connectivity index (χ2n) is 4.29. The predicted octanol–water partition coefficient (Wildman–Crippen LogP) is 2.81. The van der Waals surface area contributed by atoms with Gasteiger partial charge in [0, 0.05) is 18.5 Å². The standard InChI is InChI=1S/C12H16ClN3OS/c1-8(7-17-3)16(2)6-10-14-11(13)9-4-5-18-12(9)15-10/h4-5,8H,6-7H2,1-3H3. The molecule has 4 nitrogen and oxygen atoms in total. The average Bonchev–Trinajstić information content (AvgIpc) is 2.77. The Kier molecular flexibility index (Phi) is 4.50. The van der Waals surface area contributed by atoms with Gasteiger partial charge in [-0.2, -0.15) is 0 Å². The Morgan fingerprint density at radius 3 is 3.00 bits per heavy atom. The van der Waals surface area contributed by atoms with Crippen molar-refractivity contribution < 1.29 is 4.74 Å². The largest absolute Gasteiger partial charge is 0.383 e. The van der Waals surface area contributed by atoms with Gasteiger partial charge in [-0.15, -0.1) is 11.3 Å². The van der Waals surface area contributed by atoms with Crippen LogP contribution in [0.15, 0.2) is 11.4 Å². The molecule has 0 fully saturated rings. The summed E-state index contributed by atoms with van der Waals surface area (Å²) in [6, 6.07) is 2.26. The molecule has 0 N–H and O–H groups in total. The monoisotopic (exact) mass is 285 g/mol. The lowest BCUT2D eigenvalue weighted by Gasteiger charge is -2.23. The highest BCUT2D eigenvalue weighted by Crippen LogP contribution is 2.25. The van der Waals surface area contributed by atoms with E-state index in [1.165, 1.54) is 0 Å². The maximum atomic E-state index is 6.14. The highest BCUT2D eigenvalue weighted by molar-refractivity contribution is 7.16. The minimum atomic E-state index is 0.316. The molecule has 1 atom stereocenters. The van der Waals surface area contributed by atoms with Gasteiger partial charge in [0.25, 0.3) is 0 Å². The lowest BCUT2D eigenvalue weighted by molar-refractivity contribution is 0.110. The van der Waals surface area contributed by atoms with Crippen LogP contribution in [0.2, 0.25) is 5.15 Å². The van der Waals surface area contributed by atoms with Crippen LogP contribution in [0.4, 0.5) is 0 Å². The molecule has 98 valence electrons. The van der Waals surface area contributed by atoms with Crippen molar-refractivity contribution in [2.45, 2.75) is 19.5 Å². The van der Waals surface area contributed by atoms with E-state index in [9.17, 15) is 0 Å². The lowest BCUT2D eigenvalue weighted by atomic mass is 10.3. The van der Waals surface area contributed by atoms with Gasteiger partial charge in [0.1, 0.15) is 15.8 Å². The van der Waals surface area contributed by atoms with Gasteiger partial charge in [-0.1, -0.05) is 11.6 Å². The van der Waals surface area contributed by atoms with E-state index in [-0.39, 0.29) is 0 Å². The number of methoxy groups -OCH3 is 1. The molecule has 1 unspecified atom stereocenters. The highest BCUT2D eigenvalue weighted by Gasteiger charge is 2.13. The molecule has 0 aliphatic heterocycles. The normalized spacial score (nSPS) is 13.4. The van der Waals surface area contributed by atoms with Crippen LogP contribution < -0.4 is 0 Å². The molecule has 0 saturated heterocycles. The quantitative estimate of drug-likeness (QED) is 0.792. The summed E-state index contributed by atoms with van der Waals surface area (Å²) in [5, 5.41) is 3.44. The van der Waals surface area contributed by atoms with E-state index in [0.717, 1.165) is 16.0 Å². The number of nitrogens with zero attached hydrogens (tertiary/aromatic N) is 3. The van der Waals surface area contributed by atoms with Crippen molar-refractivity contribution in [1.82, 2.24) is 14.9 Å². The van der Waals surface area contributed by atoms with Crippen molar-refractivity contribution in [2.75, 3.05) is 20.8 Å². The van der Waals surface area contributed by atoms with Crippen LogP contribution in [0.25, 0.3) is 10.2 Å². The number of hydrogen-bond acceptors (Lipinski definition) is 5. The topological polar surface area (TPSA) is 38.2 Å². The Morgan fingerprint density at radius 1 is 1.50 bits per heavy atom. The summed E-state index contributed by atoms with van der Waals surface area (Å²) < 4.78 is 5.14. The lowest BCUT2D eigenvalue weighted by Crippen LogP contribution is -2.32. The Balaban J connectivity index is 2.16. The Bertz CT molecular complexity index is 531. The van der Waals surface area contributed by atoms with E-state index in [0.29, 0.717) is 24.3 Å². The number of ether oxygens (including phenoxy) is 1. The number of fused-ring (bicyclic) bond motifs is 1. The van der Waals surface area contributed by atoms with E-state index in [2.05, 4.69) is 21.8 Å². The van der Waals surface area contributed by atoms with E-state index in [1.54, 1.807) is 18.4 Å². The molecule has 0 aliphatic rings. The first-order valence-corrected chi connectivity index (χ1v) is 6.96. The number of hydrogen-bond donors (Lipinski definition) is 0. The van der Waals surface area contributed by atoms with Crippen molar-refractivity contribution in [3.05, 3.63) is 22.4 Å². The molecule has 0 aromatic carbocycles. The van der Waals surface area contributed by atoms with Gasteiger partial charge in [-0.3, -0.25) is 4.90 Å². The second kappa shape index (κ2) is 5.93. The Morgan fingerprint density at radius 2 is 2.28 bits per heavy atom. The summed E-state index contributed by atoms with van der Waals surface area (Å²) in [5.74, 6) is 0.750. The SMILES string of the molecule is COCC(C)N(C)Cc1nc(Cl)c2ccsc2n1. The van der Waals surface area contributed by atoms with Crippen LogP contribution >= 0.6 is 22.9 Å². The van der Waals surface area contributed by atoms with E-state index in [4.69, 9.17) is 16.3 Å². The van der Waals surface area contributed by atoms with Gasteiger partial charge in [-0.05, 0) is 25.4 Å². The molecule has 18 heavy (non-hydrogen) atoms. The predicted molar refractivity (Wildman–Crippen MR) is 75.2 cm³/mol. The summed E-state index contributed by atoms with van der Waals surface area (Å²) in [6.45, 7) is 3.46. The smallest absolute Gasteiger partial charge is 0.145 e. The first-order valence-electron chi connectivity index (χ1n) is 5.70. The molecular weight excluding hydrogens is 270 g/mol. The second-order valence-corrected chi connectivity index (χ2v) is 5.54. The third-order valence-corrected chi connectivity index (χ3v) is 3.97. The van der Waals surface area contributed by atoms with Gasteiger partial charge < -0.3 is 4.74 Å². The zero-order valence-corrected chi connectivity index (χ0v) is 12.3. The van der Waals surface area contributed by atoms with Crippen LogP contribution in [0.5, 0.6) is 0 Å². The zero-order chi connectivity index (χ0) is 13.1. The minimum absolute atomic E-state index is 0.316. The molecule has 6 heteroatoms. The van der Waals surface area contributed by atoms with Crippen LogP contribution in [0.1, 0.15) is 12.7 Å². The van der Waals surface area contributed by atoms with E-state index < -0.39 is 0 Å². The van der Waals surface area contributed by atoms with Gasteiger partial charge in [0.2, 0.25) is 0 Å². The minimum Gasteiger partial charge on any atom is -0.383 e. The number of halogens is 1. The molecule has 2 aromatic heterocycles. The zero-order valence-electron chi connectivity index (χ0n) is 10.7. The fraction of sp³-hybridized carbons (Fsp3) is 0.500. The molecule has 0 amide bonds. The number of rotatable bonds is 5. The Labute approximate surface area is 116 Å². The van der Waals surface area contributed by atoms with Gasteiger partial charge in [-0.25, -0.2) is 9.97 Å². The van der Waals surface area contributed by atoms with E-state index >= 15 is 0 Å². The highest BCUT2D eigenvalue weighted by atomic mass is 35.5. The van der Waals surface area contributed by atoms with Gasteiger partial charge in [0.15, 0.2) is 0 Å². The van der Waals surface area contributed by atoms with Crippen LogP contribution in [0.3, 0.4) is 0 Å². The van der Waals surface area contributed by atoms with Crippen molar-refractivity contribution in [2.24, 2.45) is 0 Å². The van der Waals surface area contributed by atoms with E-state index in [1.807, 2.05) is 18.5 Å². The summed E-state index contributed by atoms with van der Waals surface area (Å²) in [7, 11) is 3.73. The third-order valence-electron chi connectivity index (χ3n) is 2.88. The average molecular weight is 286 g/mol. The Hall–Kier alpha value is -0.750.